The van der Waals surface area contributed by atoms with E-state index >= 15 is 0 Å². The molecule has 1 N–H and O–H groups in total. The highest BCUT2D eigenvalue weighted by Crippen LogP contribution is 2.34. The van der Waals surface area contributed by atoms with Crippen LogP contribution in [-0.2, 0) is 4.79 Å². The smallest absolute Gasteiger partial charge is 0.123 e. The van der Waals surface area contributed by atoms with Crippen molar-refractivity contribution in [2.24, 2.45) is 5.92 Å². The van der Waals surface area contributed by atoms with E-state index in [0.29, 0.717) is 0 Å². The molecule has 0 aromatic rings. The van der Waals surface area contributed by atoms with E-state index in [1.54, 1.807) is 0 Å². The lowest BCUT2D eigenvalue weighted by molar-refractivity contribution is -0.111. The fourth-order valence-electron chi connectivity index (χ4n) is 2.38. The number of hydrogen-bond acceptors (Lipinski definition) is 2. The second-order valence-corrected chi connectivity index (χ2v) is 4.54. The Morgan fingerprint density at radius 3 is 2.73 bits per heavy atom. The molecule has 2 atom stereocenters. The highest BCUT2D eigenvalue weighted by Gasteiger charge is 2.30. The third-order valence-electron chi connectivity index (χ3n) is 3.49. The summed E-state index contributed by atoms with van der Waals surface area (Å²) in [6, 6.07) is 0. The molecule has 0 amide bonds. The van der Waals surface area contributed by atoms with E-state index in [4.69, 9.17) is 0 Å². The van der Waals surface area contributed by atoms with E-state index in [-0.39, 0.29) is 5.92 Å². The van der Waals surface area contributed by atoms with Gasteiger partial charge in [-0.3, -0.25) is 0 Å². The zero-order valence-corrected chi connectivity index (χ0v) is 9.83. The number of aldehydes is 1. The SMILES string of the molecule is CCCC(O)(CC)C1=CCC(C=O)CC1. The fraction of sp³-hybridized carbons (Fsp3) is 0.769. The second-order valence-electron chi connectivity index (χ2n) is 4.54. The lowest BCUT2D eigenvalue weighted by Gasteiger charge is -2.32. The molecular formula is C13H22O2. The highest BCUT2D eigenvalue weighted by atomic mass is 16.3. The second kappa shape index (κ2) is 5.45. The van der Waals surface area contributed by atoms with Gasteiger partial charge in [0.1, 0.15) is 6.29 Å². The number of rotatable bonds is 5. The van der Waals surface area contributed by atoms with E-state index < -0.39 is 5.60 Å². The molecule has 0 saturated heterocycles. The Labute approximate surface area is 92.4 Å². The summed E-state index contributed by atoms with van der Waals surface area (Å²) >= 11 is 0. The Balaban J connectivity index is 2.70. The summed E-state index contributed by atoms with van der Waals surface area (Å²) in [4.78, 5) is 10.6. The fourth-order valence-corrected chi connectivity index (χ4v) is 2.38. The number of aliphatic hydroxyl groups is 1. The first-order valence-electron chi connectivity index (χ1n) is 6.03. The van der Waals surface area contributed by atoms with Crippen LogP contribution in [0.1, 0.15) is 52.4 Å². The minimum Gasteiger partial charge on any atom is -0.386 e. The molecule has 0 heterocycles. The van der Waals surface area contributed by atoms with E-state index in [2.05, 4.69) is 13.0 Å². The summed E-state index contributed by atoms with van der Waals surface area (Å²) in [7, 11) is 0. The van der Waals surface area contributed by atoms with Crippen molar-refractivity contribution in [1.29, 1.82) is 0 Å². The van der Waals surface area contributed by atoms with Crippen LogP contribution in [0.15, 0.2) is 11.6 Å². The molecule has 0 bridgehead atoms. The van der Waals surface area contributed by atoms with E-state index in [1.807, 2.05) is 6.92 Å². The van der Waals surface area contributed by atoms with Gasteiger partial charge in [-0.25, -0.2) is 0 Å². The molecule has 0 saturated carbocycles. The van der Waals surface area contributed by atoms with Crippen molar-refractivity contribution in [3.8, 4) is 0 Å². The zero-order chi connectivity index (χ0) is 11.3. The van der Waals surface area contributed by atoms with Gasteiger partial charge in [0.05, 0.1) is 5.60 Å². The molecule has 0 aromatic heterocycles. The Hall–Kier alpha value is -0.630. The molecular weight excluding hydrogens is 188 g/mol. The van der Waals surface area contributed by atoms with Crippen LogP contribution in [0.4, 0.5) is 0 Å². The van der Waals surface area contributed by atoms with Gasteiger partial charge in [-0.15, -0.1) is 0 Å². The van der Waals surface area contributed by atoms with Crippen LogP contribution in [-0.4, -0.2) is 17.0 Å². The topological polar surface area (TPSA) is 37.3 Å². The van der Waals surface area contributed by atoms with Gasteiger partial charge in [0, 0.05) is 5.92 Å². The maximum absolute atomic E-state index is 10.6. The summed E-state index contributed by atoms with van der Waals surface area (Å²) in [5, 5.41) is 10.4. The molecule has 0 radical (unpaired) electrons. The molecule has 0 fully saturated rings. The van der Waals surface area contributed by atoms with Gasteiger partial charge in [-0.1, -0.05) is 26.3 Å². The Kier molecular flexibility index (Phi) is 4.52. The summed E-state index contributed by atoms with van der Waals surface area (Å²) in [6.07, 6.45) is 8.33. The van der Waals surface area contributed by atoms with Crippen molar-refractivity contribution in [3.63, 3.8) is 0 Å². The summed E-state index contributed by atoms with van der Waals surface area (Å²) < 4.78 is 0. The maximum Gasteiger partial charge on any atom is 0.123 e. The minimum atomic E-state index is -0.609. The van der Waals surface area contributed by atoms with E-state index in [9.17, 15) is 9.90 Å². The van der Waals surface area contributed by atoms with Gasteiger partial charge >= 0.3 is 0 Å². The van der Waals surface area contributed by atoms with E-state index in [1.165, 1.54) is 0 Å². The monoisotopic (exact) mass is 210 g/mol. The van der Waals surface area contributed by atoms with Gasteiger partial charge in [-0.2, -0.15) is 0 Å². The van der Waals surface area contributed by atoms with Crippen LogP contribution in [0.5, 0.6) is 0 Å². The third-order valence-corrected chi connectivity index (χ3v) is 3.49. The van der Waals surface area contributed by atoms with Crippen LogP contribution in [0.3, 0.4) is 0 Å². The first-order chi connectivity index (χ1) is 7.16. The number of allylic oxidation sites excluding steroid dienone is 1. The molecule has 0 spiro atoms. The standard InChI is InChI=1S/C13H22O2/c1-3-9-13(15,4-2)12-7-5-11(10-14)6-8-12/h7,10-11,15H,3-6,8-9H2,1-2H3. The van der Waals surface area contributed by atoms with Crippen LogP contribution >= 0.6 is 0 Å². The normalized spacial score (nSPS) is 25.5. The van der Waals surface area contributed by atoms with Crippen molar-refractivity contribution in [2.75, 3.05) is 0 Å². The maximum atomic E-state index is 10.6. The minimum absolute atomic E-state index is 0.177. The number of carbonyl (C=O) groups is 1. The van der Waals surface area contributed by atoms with Gasteiger partial charge in [0.2, 0.25) is 0 Å². The molecule has 1 aliphatic rings. The molecule has 1 rings (SSSR count). The van der Waals surface area contributed by atoms with Crippen molar-refractivity contribution in [3.05, 3.63) is 11.6 Å². The predicted octanol–water partition coefficient (Wildman–Crippen LogP) is 2.85. The third kappa shape index (κ3) is 2.91. The van der Waals surface area contributed by atoms with Crippen LogP contribution in [0.25, 0.3) is 0 Å². The number of hydrogen-bond donors (Lipinski definition) is 1. The van der Waals surface area contributed by atoms with Crippen molar-refractivity contribution >= 4 is 6.29 Å². The van der Waals surface area contributed by atoms with Crippen LogP contribution in [0.2, 0.25) is 0 Å². The van der Waals surface area contributed by atoms with Crippen molar-refractivity contribution in [1.82, 2.24) is 0 Å². The van der Waals surface area contributed by atoms with Gasteiger partial charge < -0.3 is 9.90 Å². The average Bonchev–Trinajstić information content (AvgIpc) is 2.29. The average molecular weight is 210 g/mol. The van der Waals surface area contributed by atoms with Gasteiger partial charge in [-0.05, 0) is 37.7 Å². The molecule has 0 aromatic carbocycles. The van der Waals surface area contributed by atoms with Crippen LogP contribution < -0.4 is 0 Å². The van der Waals surface area contributed by atoms with Gasteiger partial charge in [0.25, 0.3) is 0 Å². The molecule has 0 aliphatic heterocycles. The lowest BCUT2D eigenvalue weighted by atomic mass is 9.78. The predicted molar refractivity (Wildman–Crippen MR) is 61.6 cm³/mol. The van der Waals surface area contributed by atoms with Crippen LogP contribution in [0, 0.1) is 5.92 Å². The van der Waals surface area contributed by atoms with Crippen molar-refractivity contribution in [2.45, 2.75) is 58.0 Å². The molecule has 2 heteroatoms. The first-order valence-corrected chi connectivity index (χ1v) is 6.03. The zero-order valence-electron chi connectivity index (χ0n) is 9.83. The number of carbonyl (C=O) groups excluding carboxylic acids is 1. The first kappa shape index (κ1) is 12.4. The molecule has 1 aliphatic carbocycles. The Morgan fingerprint density at radius 1 is 1.60 bits per heavy atom. The van der Waals surface area contributed by atoms with Crippen molar-refractivity contribution < 1.29 is 9.90 Å². The molecule has 2 nitrogen and oxygen atoms in total. The molecule has 2 unspecified atom stereocenters. The Bertz CT molecular complexity index is 245. The molecule has 86 valence electrons. The van der Waals surface area contributed by atoms with E-state index in [0.717, 1.165) is 50.4 Å². The Morgan fingerprint density at radius 2 is 2.33 bits per heavy atom. The summed E-state index contributed by atoms with van der Waals surface area (Å²) in [5.41, 5.74) is 0.549. The highest BCUT2D eigenvalue weighted by molar-refractivity contribution is 5.54. The summed E-state index contributed by atoms with van der Waals surface area (Å²) in [6.45, 7) is 4.13. The lowest BCUT2D eigenvalue weighted by Crippen LogP contribution is -2.32. The van der Waals surface area contributed by atoms with Gasteiger partial charge in [0.15, 0.2) is 0 Å². The molecule has 15 heavy (non-hydrogen) atoms. The largest absolute Gasteiger partial charge is 0.386 e. The summed E-state index contributed by atoms with van der Waals surface area (Å²) in [5.74, 6) is 0.177. The quantitative estimate of drug-likeness (QED) is 0.559.